The summed E-state index contributed by atoms with van der Waals surface area (Å²) in [7, 11) is -0.173. The number of anilines is 3. The summed E-state index contributed by atoms with van der Waals surface area (Å²) in [4.78, 5) is 0. The molecule has 1 heterocycles. The SMILES string of the molecule is COCC1(S(=O)(=O)Nc2ccccc2Nc2ccn(C)n2)CC1. The maximum atomic E-state index is 12.6. The Hall–Kier alpha value is -2.06. The van der Waals surface area contributed by atoms with Gasteiger partial charge in [-0.05, 0) is 25.0 Å². The first kappa shape index (κ1) is 15.8. The summed E-state index contributed by atoms with van der Waals surface area (Å²) in [5, 5.41) is 7.37. The van der Waals surface area contributed by atoms with Gasteiger partial charge in [0.1, 0.15) is 4.75 Å². The zero-order valence-corrected chi connectivity index (χ0v) is 13.9. The molecule has 2 aromatic rings. The summed E-state index contributed by atoms with van der Waals surface area (Å²) in [6.45, 7) is 0.207. The van der Waals surface area contributed by atoms with E-state index in [1.807, 2.05) is 31.4 Å². The minimum atomic E-state index is -3.51. The predicted molar refractivity (Wildman–Crippen MR) is 89.3 cm³/mol. The smallest absolute Gasteiger partial charge is 0.240 e. The molecule has 0 aliphatic heterocycles. The van der Waals surface area contributed by atoms with Crippen molar-refractivity contribution in [3.05, 3.63) is 36.5 Å². The van der Waals surface area contributed by atoms with E-state index in [1.54, 1.807) is 16.8 Å². The number of rotatable bonds is 7. The van der Waals surface area contributed by atoms with Crippen LogP contribution in [0.4, 0.5) is 17.2 Å². The van der Waals surface area contributed by atoms with Crippen LogP contribution in [0.2, 0.25) is 0 Å². The number of nitrogens with one attached hydrogen (secondary N) is 2. The molecular formula is C15H20N4O3S. The van der Waals surface area contributed by atoms with Gasteiger partial charge in [-0.2, -0.15) is 5.10 Å². The number of ether oxygens (including phenoxy) is 1. The zero-order valence-electron chi connectivity index (χ0n) is 13.1. The molecule has 1 aliphatic rings. The number of para-hydroxylation sites is 2. The van der Waals surface area contributed by atoms with Crippen LogP contribution < -0.4 is 10.0 Å². The first-order chi connectivity index (χ1) is 11.0. The van der Waals surface area contributed by atoms with Gasteiger partial charge in [0.2, 0.25) is 10.0 Å². The lowest BCUT2D eigenvalue weighted by Crippen LogP contribution is -2.33. The highest BCUT2D eigenvalue weighted by molar-refractivity contribution is 7.94. The Morgan fingerprint density at radius 3 is 2.52 bits per heavy atom. The minimum Gasteiger partial charge on any atom is -0.383 e. The first-order valence-electron chi connectivity index (χ1n) is 7.33. The Balaban J connectivity index is 1.83. The third-order valence-corrected chi connectivity index (χ3v) is 6.09. The largest absolute Gasteiger partial charge is 0.383 e. The fourth-order valence-electron chi connectivity index (χ4n) is 2.45. The molecule has 0 atom stereocenters. The Kier molecular flexibility index (Phi) is 4.03. The van der Waals surface area contributed by atoms with Crippen LogP contribution in [0, 0.1) is 0 Å². The van der Waals surface area contributed by atoms with E-state index in [0.717, 1.165) is 0 Å². The number of hydrogen-bond acceptors (Lipinski definition) is 5. The normalized spacial score (nSPS) is 16.1. The van der Waals surface area contributed by atoms with Gasteiger partial charge >= 0.3 is 0 Å². The number of hydrogen-bond donors (Lipinski definition) is 2. The molecule has 0 bridgehead atoms. The van der Waals surface area contributed by atoms with E-state index in [2.05, 4.69) is 15.1 Å². The van der Waals surface area contributed by atoms with E-state index >= 15 is 0 Å². The third-order valence-electron chi connectivity index (χ3n) is 3.93. The van der Waals surface area contributed by atoms with E-state index in [-0.39, 0.29) is 6.61 Å². The second kappa shape index (κ2) is 5.86. The molecule has 7 nitrogen and oxygen atoms in total. The summed E-state index contributed by atoms with van der Waals surface area (Å²) >= 11 is 0. The van der Waals surface area contributed by atoms with Crippen molar-refractivity contribution in [1.29, 1.82) is 0 Å². The van der Waals surface area contributed by atoms with Crippen molar-refractivity contribution in [1.82, 2.24) is 9.78 Å². The van der Waals surface area contributed by atoms with Crippen molar-refractivity contribution in [2.24, 2.45) is 7.05 Å². The van der Waals surface area contributed by atoms with Crippen molar-refractivity contribution in [3.8, 4) is 0 Å². The number of aromatic nitrogens is 2. The molecule has 1 fully saturated rings. The molecule has 0 radical (unpaired) electrons. The van der Waals surface area contributed by atoms with Gasteiger partial charge in [0.25, 0.3) is 0 Å². The lowest BCUT2D eigenvalue weighted by molar-refractivity contribution is 0.192. The summed E-state index contributed by atoms with van der Waals surface area (Å²) in [6, 6.07) is 8.98. The van der Waals surface area contributed by atoms with Gasteiger partial charge in [-0.3, -0.25) is 9.40 Å². The van der Waals surface area contributed by atoms with Crippen molar-refractivity contribution in [3.63, 3.8) is 0 Å². The average molecular weight is 336 g/mol. The van der Waals surface area contributed by atoms with Crippen LogP contribution in [0.5, 0.6) is 0 Å². The molecule has 8 heteroatoms. The molecule has 1 aromatic heterocycles. The van der Waals surface area contributed by atoms with E-state index in [0.29, 0.717) is 30.0 Å². The van der Waals surface area contributed by atoms with Crippen LogP contribution in [0.25, 0.3) is 0 Å². The molecule has 0 saturated heterocycles. The van der Waals surface area contributed by atoms with Crippen LogP contribution in [-0.4, -0.2) is 36.7 Å². The van der Waals surface area contributed by atoms with Crippen molar-refractivity contribution in [2.75, 3.05) is 23.8 Å². The first-order valence-corrected chi connectivity index (χ1v) is 8.81. The third kappa shape index (κ3) is 3.18. The molecule has 1 aliphatic carbocycles. The Bertz CT molecular complexity index is 797. The lowest BCUT2D eigenvalue weighted by Gasteiger charge is -2.19. The molecule has 0 amide bonds. The summed E-state index contributed by atoms with van der Waals surface area (Å²) < 4.78 is 33.9. The van der Waals surface area contributed by atoms with E-state index in [9.17, 15) is 8.42 Å². The molecular weight excluding hydrogens is 316 g/mol. The van der Waals surface area contributed by atoms with Gasteiger partial charge in [0.15, 0.2) is 5.82 Å². The lowest BCUT2D eigenvalue weighted by atomic mass is 10.3. The van der Waals surface area contributed by atoms with Crippen molar-refractivity contribution < 1.29 is 13.2 Å². The molecule has 124 valence electrons. The molecule has 1 aromatic carbocycles. The molecule has 1 saturated carbocycles. The molecule has 2 N–H and O–H groups in total. The van der Waals surface area contributed by atoms with Crippen LogP contribution in [0.3, 0.4) is 0 Å². The van der Waals surface area contributed by atoms with E-state index in [4.69, 9.17) is 4.74 Å². The van der Waals surface area contributed by atoms with E-state index in [1.165, 1.54) is 7.11 Å². The van der Waals surface area contributed by atoms with Gasteiger partial charge in [-0.25, -0.2) is 8.42 Å². The molecule has 0 unspecified atom stereocenters. The van der Waals surface area contributed by atoms with Gasteiger partial charge in [-0.15, -0.1) is 0 Å². The fourth-order valence-corrected chi connectivity index (χ4v) is 4.04. The molecule has 3 rings (SSSR count). The Morgan fingerprint density at radius 1 is 1.26 bits per heavy atom. The quantitative estimate of drug-likeness (QED) is 0.808. The topological polar surface area (TPSA) is 85.3 Å². The highest BCUT2D eigenvalue weighted by atomic mass is 32.2. The summed E-state index contributed by atoms with van der Waals surface area (Å²) in [5.74, 6) is 0.650. The van der Waals surface area contributed by atoms with Crippen molar-refractivity contribution >= 4 is 27.2 Å². The van der Waals surface area contributed by atoms with E-state index < -0.39 is 14.8 Å². The van der Waals surface area contributed by atoms with Crippen LogP contribution >= 0.6 is 0 Å². The number of nitrogens with zero attached hydrogens (tertiary/aromatic N) is 2. The number of aryl methyl sites for hydroxylation is 1. The Morgan fingerprint density at radius 2 is 1.96 bits per heavy atom. The summed E-state index contributed by atoms with van der Waals surface area (Å²) in [5.41, 5.74) is 1.16. The number of benzene rings is 1. The highest BCUT2D eigenvalue weighted by Crippen LogP contribution is 2.44. The maximum absolute atomic E-state index is 12.6. The van der Waals surface area contributed by atoms with Crippen LogP contribution in [0.1, 0.15) is 12.8 Å². The average Bonchev–Trinajstić information content (AvgIpc) is 3.18. The zero-order chi connectivity index (χ0) is 16.5. The molecule has 0 spiro atoms. The minimum absolute atomic E-state index is 0.207. The van der Waals surface area contributed by atoms with Gasteiger partial charge < -0.3 is 10.1 Å². The second-order valence-corrected chi connectivity index (χ2v) is 7.84. The number of sulfonamides is 1. The van der Waals surface area contributed by atoms with Crippen LogP contribution in [-0.2, 0) is 21.8 Å². The standard InChI is InChI=1S/C15H20N4O3S/c1-19-10-7-14(17-19)16-12-5-3-4-6-13(12)18-23(20,21)15(8-9-15)11-22-2/h3-7,10,18H,8-9,11H2,1-2H3,(H,16,17). The Labute approximate surface area is 135 Å². The highest BCUT2D eigenvalue weighted by Gasteiger charge is 2.55. The fraction of sp³-hybridized carbons (Fsp3) is 0.400. The maximum Gasteiger partial charge on any atom is 0.240 e. The van der Waals surface area contributed by atoms with Crippen LogP contribution in [0.15, 0.2) is 36.5 Å². The number of methoxy groups -OCH3 is 1. The van der Waals surface area contributed by atoms with Gasteiger partial charge in [-0.1, -0.05) is 12.1 Å². The predicted octanol–water partition coefficient (Wildman–Crippen LogP) is 2.08. The summed E-state index contributed by atoms with van der Waals surface area (Å²) in [6.07, 6.45) is 3.05. The van der Waals surface area contributed by atoms with Crippen molar-refractivity contribution in [2.45, 2.75) is 17.6 Å². The molecule has 23 heavy (non-hydrogen) atoms. The van der Waals surface area contributed by atoms with Gasteiger partial charge in [0, 0.05) is 26.4 Å². The van der Waals surface area contributed by atoms with Gasteiger partial charge in [0.05, 0.1) is 18.0 Å². The monoisotopic (exact) mass is 336 g/mol. The second-order valence-electron chi connectivity index (χ2n) is 5.77.